The van der Waals surface area contributed by atoms with E-state index in [1.807, 2.05) is 4.90 Å². The van der Waals surface area contributed by atoms with E-state index in [0.29, 0.717) is 17.6 Å². The van der Waals surface area contributed by atoms with Gasteiger partial charge in [-0.05, 0) is 44.5 Å². The predicted octanol–water partition coefficient (Wildman–Crippen LogP) is 0.829. The van der Waals surface area contributed by atoms with Crippen molar-refractivity contribution in [3.05, 3.63) is 17.8 Å². The molecule has 1 unspecified atom stereocenters. The molecule has 2 aliphatic heterocycles. The monoisotopic (exact) mass is 275 g/mol. The number of nitrogens with zero attached hydrogens (tertiary/aromatic N) is 4. The van der Waals surface area contributed by atoms with E-state index < -0.39 is 0 Å². The molecule has 0 aromatic carbocycles. The van der Waals surface area contributed by atoms with Gasteiger partial charge in [0.1, 0.15) is 5.82 Å². The molecule has 0 bridgehead atoms. The van der Waals surface area contributed by atoms with Crippen molar-refractivity contribution in [2.75, 3.05) is 38.5 Å². The van der Waals surface area contributed by atoms with Crippen molar-refractivity contribution in [1.82, 2.24) is 20.0 Å². The number of carbonyl (C=O) groups is 1. The fourth-order valence-electron chi connectivity index (χ4n) is 3.07. The number of aromatic nitrogens is 2. The second-order valence-corrected chi connectivity index (χ2v) is 5.49. The summed E-state index contributed by atoms with van der Waals surface area (Å²) in [5, 5.41) is 10.9. The van der Waals surface area contributed by atoms with E-state index in [0.717, 1.165) is 19.5 Å². The van der Waals surface area contributed by atoms with Gasteiger partial charge < -0.3 is 10.2 Å². The Kier molecular flexibility index (Phi) is 3.82. The largest absolute Gasteiger partial charge is 0.372 e. The molecule has 0 aliphatic carbocycles. The van der Waals surface area contributed by atoms with Gasteiger partial charge in [0, 0.05) is 26.2 Å². The van der Waals surface area contributed by atoms with E-state index in [1.165, 1.54) is 25.9 Å². The van der Waals surface area contributed by atoms with Gasteiger partial charge in [0.05, 0.1) is 0 Å². The summed E-state index contributed by atoms with van der Waals surface area (Å²) >= 11 is 0. The minimum Gasteiger partial charge on any atom is -0.372 e. The summed E-state index contributed by atoms with van der Waals surface area (Å²) in [6, 6.07) is 4.06. The van der Waals surface area contributed by atoms with E-state index in [-0.39, 0.29) is 5.91 Å². The van der Waals surface area contributed by atoms with E-state index in [2.05, 4.69) is 20.4 Å². The van der Waals surface area contributed by atoms with Crippen molar-refractivity contribution in [3.8, 4) is 0 Å². The molecule has 0 spiro atoms. The first-order valence-electron chi connectivity index (χ1n) is 7.33. The zero-order chi connectivity index (χ0) is 13.9. The van der Waals surface area contributed by atoms with Crippen molar-refractivity contribution in [2.24, 2.45) is 0 Å². The quantitative estimate of drug-likeness (QED) is 0.885. The lowest BCUT2D eigenvalue weighted by Gasteiger charge is -2.23. The van der Waals surface area contributed by atoms with Gasteiger partial charge in [-0.25, -0.2) is 0 Å². The molecular weight excluding hydrogens is 254 g/mol. The van der Waals surface area contributed by atoms with Gasteiger partial charge in [-0.2, -0.15) is 0 Å². The maximum absolute atomic E-state index is 12.4. The molecule has 3 heterocycles. The highest BCUT2D eigenvalue weighted by atomic mass is 16.2. The van der Waals surface area contributed by atoms with Crippen LogP contribution in [0.5, 0.6) is 0 Å². The zero-order valence-electron chi connectivity index (χ0n) is 11.9. The van der Waals surface area contributed by atoms with E-state index in [4.69, 9.17) is 0 Å². The molecule has 2 saturated heterocycles. The average Bonchev–Trinajstić information content (AvgIpc) is 3.17. The fourth-order valence-corrected chi connectivity index (χ4v) is 3.07. The maximum atomic E-state index is 12.4. The fraction of sp³-hybridized carbons (Fsp3) is 0.643. The lowest BCUT2D eigenvalue weighted by Crippen LogP contribution is -2.37. The first kappa shape index (κ1) is 13.3. The van der Waals surface area contributed by atoms with Crippen molar-refractivity contribution < 1.29 is 4.79 Å². The van der Waals surface area contributed by atoms with Crippen LogP contribution >= 0.6 is 0 Å². The van der Waals surface area contributed by atoms with Gasteiger partial charge in [0.15, 0.2) is 5.69 Å². The standard InChI is InChI=1S/C14H21N5O/c1-15-13-5-4-12(16-17-13)14(20)19-9-6-11(10-19)18-7-2-3-8-18/h4-5,11H,2-3,6-10H2,1H3,(H,15,17). The molecule has 1 aromatic heterocycles. The summed E-state index contributed by atoms with van der Waals surface area (Å²) in [6.45, 7) is 4.02. The van der Waals surface area contributed by atoms with Crippen LogP contribution < -0.4 is 5.32 Å². The summed E-state index contributed by atoms with van der Waals surface area (Å²) in [6.07, 6.45) is 3.66. The number of rotatable bonds is 3. The summed E-state index contributed by atoms with van der Waals surface area (Å²) < 4.78 is 0. The van der Waals surface area contributed by atoms with Crippen molar-refractivity contribution in [3.63, 3.8) is 0 Å². The van der Waals surface area contributed by atoms with Gasteiger partial charge in [0.25, 0.3) is 5.91 Å². The second kappa shape index (κ2) is 5.75. The summed E-state index contributed by atoms with van der Waals surface area (Å²) in [5.74, 6) is 0.680. The summed E-state index contributed by atoms with van der Waals surface area (Å²) in [5.41, 5.74) is 0.436. The second-order valence-electron chi connectivity index (χ2n) is 5.49. The smallest absolute Gasteiger partial charge is 0.274 e. The molecule has 1 amide bonds. The van der Waals surface area contributed by atoms with Gasteiger partial charge in [-0.15, -0.1) is 10.2 Å². The molecule has 2 aliphatic rings. The highest BCUT2D eigenvalue weighted by molar-refractivity contribution is 5.92. The number of anilines is 1. The number of amides is 1. The van der Waals surface area contributed by atoms with Crippen molar-refractivity contribution in [2.45, 2.75) is 25.3 Å². The Bertz CT molecular complexity index is 469. The number of likely N-dealkylation sites (tertiary alicyclic amines) is 2. The average molecular weight is 275 g/mol. The lowest BCUT2D eigenvalue weighted by molar-refractivity contribution is 0.0773. The van der Waals surface area contributed by atoms with Crippen molar-refractivity contribution >= 4 is 11.7 Å². The minimum absolute atomic E-state index is 0.00171. The highest BCUT2D eigenvalue weighted by Crippen LogP contribution is 2.21. The van der Waals surface area contributed by atoms with Crippen molar-refractivity contribution in [1.29, 1.82) is 0 Å². The summed E-state index contributed by atoms with van der Waals surface area (Å²) in [7, 11) is 1.78. The van der Waals surface area contributed by atoms with E-state index in [9.17, 15) is 4.79 Å². The maximum Gasteiger partial charge on any atom is 0.274 e. The normalized spacial score (nSPS) is 23.2. The van der Waals surface area contributed by atoms with Crippen LogP contribution in [0, 0.1) is 0 Å². The number of hydrogen-bond donors (Lipinski definition) is 1. The topological polar surface area (TPSA) is 61.4 Å². The molecule has 0 radical (unpaired) electrons. The zero-order valence-corrected chi connectivity index (χ0v) is 11.9. The van der Waals surface area contributed by atoms with Crippen LogP contribution in [0.1, 0.15) is 29.8 Å². The molecule has 6 nitrogen and oxygen atoms in total. The first-order valence-corrected chi connectivity index (χ1v) is 7.33. The lowest BCUT2D eigenvalue weighted by atomic mass is 10.2. The van der Waals surface area contributed by atoms with Crippen LogP contribution in [-0.2, 0) is 0 Å². The molecule has 0 saturated carbocycles. The molecular formula is C14H21N5O. The number of carbonyl (C=O) groups excluding carboxylic acids is 1. The van der Waals surface area contributed by atoms with Gasteiger partial charge in [0.2, 0.25) is 0 Å². The van der Waals surface area contributed by atoms with E-state index in [1.54, 1.807) is 19.2 Å². The first-order chi connectivity index (χ1) is 9.78. The summed E-state index contributed by atoms with van der Waals surface area (Å²) in [4.78, 5) is 16.8. The Morgan fingerprint density at radius 3 is 2.70 bits per heavy atom. The van der Waals surface area contributed by atoms with Crippen LogP contribution in [0.2, 0.25) is 0 Å². The van der Waals surface area contributed by atoms with Crippen LogP contribution in [0.25, 0.3) is 0 Å². The third kappa shape index (κ3) is 2.60. The number of hydrogen-bond acceptors (Lipinski definition) is 5. The number of nitrogens with one attached hydrogen (secondary N) is 1. The van der Waals surface area contributed by atoms with E-state index >= 15 is 0 Å². The minimum atomic E-state index is 0.00171. The predicted molar refractivity (Wildman–Crippen MR) is 76.7 cm³/mol. The molecule has 1 atom stereocenters. The van der Waals surface area contributed by atoms with Gasteiger partial charge in [-0.1, -0.05) is 0 Å². The van der Waals surface area contributed by atoms with Crippen LogP contribution in [0.4, 0.5) is 5.82 Å². The van der Waals surface area contributed by atoms with Gasteiger partial charge >= 0.3 is 0 Å². The SMILES string of the molecule is CNc1ccc(C(=O)N2CCC(N3CCCC3)C2)nn1. The Hall–Kier alpha value is -1.69. The Balaban J connectivity index is 1.62. The Morgan fingerprint density at radius 1 is 1.25 bits per heavy atom. The molecule has 1 N–H and O–H groups in total. The molecule has 2 fully saturated rings. The molecule has 20 heavy (non-hydrogen) atoms. The molecule has 108 valence electrons. The third-order valence-corrected chi connectivity index (χ3v) is 4.25. The highest BCUT2D eigenvalue weighted by Gasteiger charge is 2.32. The molecule has 6 heteroatoms. The Morgan fingerprint density at radius 2 is 2.05 bits per heavy atom. The van der Waals surface area contributed by atoms with Crippen LogP contribution in [0.3, 0.4) is 0 Å². The Labute approximate surface area is 119 Å². The molecule has 1 aromatic rings. The van der Waals surface area contributed by atoms with Gasteiger partial charge in [-0.3, -0.25) is 9.69 Å². The van der Waals surface area contributed by atoms with Crippen LogP contribution in [0.15, 0.2) is 12.1 Å². The third-order valence-electron chi connectivity index (χ3n) is 4.25. The van der Waals surface area contributed by atoms with Crippen LogP contribution in [-0.4, -0.2) is 65.2 Å². The molecule has 3 rings (SSSR count).